The fourth-order valence-electron chi connectivity index (χ4n) is 2.92. The summed E-state index contributed by atoms with van der Waals surface area (Å²) in [6, 6.07) is 7.39. The van der Waals surface area contributed by atoms with E-state index in [1.807, 2.05) is 13.8 Å². The molecular formula is C21H22O6S. The molecule has 2 aromatic carbocycles. The van der Waals surface area contributed by atoms with Gasteiger partial charge >= 0.3 is 5.97 Å². The third kappa shape index (κ3) is 3.94. The van der Waals surface area contributed by atoms with Crippen LogP contribution in [0.1, 0.15) is 43.5 Å². The first-order chi connectivity index (χ1) is 13.5. The Kier molecular flexibility index (Phi) is 6.14. The van der Waals surface area contributed by atoms with Crippen LogP contribution in [0.2, 0.25) is 0 Å². The third-order valence-electron chi connectivity index (χ3n) is 4.36. The van der Waals surface area contributed by atoms with Gasteiger partial charge in [0.1, 0.15) is 11.3 Å². The Morgan fingerprint density at radius 3 is 2.61 bits per heavy atom. The lowest BCUT2D eigenvalue weighted by Crippen LogP contribution is -2.08. The molecule has 1 N–H and O–H groups in total. The fraction of sp³-hybridized carbons (Fsp3) is 0.333. The normalized spacial score (nSPS) is 12.4. The van der Waals surface area contributed by atoms with E-state index in [4.69, 9.17) is 9.15 Å². The quantitative estimate of drug-likeness (QED) is 0.445. The predicted molar refractivity (Wildman–Crippen MR) is 109 cm³/mol. The van der Waals surface area contributed by atoms with Gasteiger partial charge in [0.25, 0.3) is 0 Å². The summed E-state index contributed by atoms with van der Waals surface area (Å²) in [6.45, 7) is 4.47. The first-order valence-corrected chi connectivity index (χ1v) is 10.6. The lowest BCUT2D eigenvalue weighted by atomic mass is 10.1. The Morgan fingerprint density at radius 1 is 1.14 bits per heavy atom. The average Bonchev–Trinajstić information content (AvgIpc) is 2.68. The number of carboxylic acids is 1. The van der Waals surface area contributed by atoms with Crippen LogP contribution in [0.5, 0.6) is 5.75 Å². The molecule has 0 saturated heterocycles. The van der Waals surface area contributed by atoms with Crippen LogP contribution < -0.4 is 10.2 Å². The van der Waals surface area contributed by atoms with Gasteiger partial charge in [-0.1, -0.05) is 20.3 Å². The minimum Gasteiger partial charge on any atom is -0.494 e. The molecule has 7 heteroatoms. The number of carbonyl (C=O) groups is 1. The molecule has 148 valence electrons. The van der Waals surface area contributed by atoms with E-state index in [0.29, 0.717) is 23.0 Å². The molecule has 0 aliphatic rings. The third-order valence-corrected chi connectivity index (χ3v) is 5.93. The summed E-state index contributed by atoms with van der Waals surface area (Å²) in [6.07, 6.45) is 2.54. The highest BCUT2D eigenvalue weighted by atomic mass is 32.2. The van der Waals surface area contributed by atoms with Crippen LogP contribution in [0.25, 0.3) is 21.9 Å². The summed E-state index contributed by atoms with van der Waals surface area (Å²) >= 11 is 0. The van der Waals surface area contributed by atoms with E-state index in [0.717, 1.165) is 19.3 Å². The molecule has 0 saturated carbocycles. The molecule has 3 aromatic rings. The molecule has 0 bridgehead atoms. The molecule has 0 radical (unpaired) electrons. The summed E-state index contributed by atoms with van der Waals surface area (Å²) in [5.41, 5.74) is 0.159. The van der Waals surface area contributed by atoms with Crippen molar-refractivity contribution >= 4 is 38.7 Å². The van der Waals surface area contributed by atoms with Gasteiger partial charge in [-0.05, 0) is 37.1 Å². The number of hydrogen-bond acceptors (Lipinski definition) is 5. The van der Waals surface area contributed by atoms with Crippen LogP contribution in [0, 0.1) is 0 Å². The zero-order chi connectivity index (χ0) is 20.3. The summed E-state index contributed by atoms with van der Waals surface area (Å²) in [7, 11) is -1.35. The molecule has 1 aromatic heterocycles. The van der Waals surface area contributed by atoms with Gasteiger partial charge in [0.15, 0.2) is 5.58 Å². The second-order valence-electron chi connectivity index (χ2n) is 6.50. The van der Waals surface area contributed by atoms with E-state index in [9.17, 15) is 18.9 Å². The van der Waals surface area contributed by atoms with Crippen molar-refractivity contribution < 1.29 is 23.3 Å². The van der Waals surface area contributed by atoms with Gasteiger partial charge in [0, 0.05) is 11.8 Å². The number of aromatic carboxylic acids is 1. The standard InChI is InChI=1S/C21H22O6S/c1-3-5-8-26-14-11-16-19(22)15-10-13(21(23)24)6-7-17(15)27-20(16)18(12-14)28(25)9-4-2/h6-7,10-12H,3-5,8-9H2,1-2H3,(H,23,24). The van der Waals surface area contributed by atoms with E-state index >= 15 is 0 Å². The summed E-state index contributed by atoms with van der Waals surface area (Å²) in [4.78, 5) is 24.7. The summed E-state index contributed by atoms with van der Waals surface area (Å²) in [5, 5.41) is 9.61. The number of rotatable bonds is 8. The Bertz CT molecular complexity index is 1120. The van der Waals surface area contributed by atoms with Crippen molar-refractivity contribution in [2.45, 2.75) is 38.0 Å². The highest BCUT2D eigenvalue weighted by Crippen LogP contribution is 2.30. The van der Waals surface area contributed by atoms with Crippen molar-refractivity contribution in [1.29, 1.82) is 0 Å². The van der Waals surface area contributed by atoms with E-state index in [-0.39, 0.29) is 32.9 Å². The monoisotopic (exact) mass is 402 g/mol. The van der Waals surface area contributed by atoms with Crippen LogP contribution in [-0.4, -0.2) is 27.6 Å². The average molecular weight is 402 g/mol. The molecule has 0 amide bonds. The van der Waals surface area contributed by atoms with Gasteiger partial charge in [-0.15, -0.1) is 0 Å². The topological polar surface area (TPSA) is 93.8 Å². The molecule has 3 rings (SSSR count). The molecule has 1 atom stereocenters. The van der Waals surface area contributed by atoms with Crippen molar-refractivity contribution in [3.8, 4) is 5.75 Å². The van der Waals surface area contributed by atoms with Crippen LogP contribution in [0.4, 0.5) is 0 Å². The lowest BCUT2D eigenvalue weighted by molar-refractivity contribution is 0.0697. The Balaban J connectivity index is 2.28. The molecule has 0 aliphatic heterocycles. The van der Waals surface area contributed by atoms with E-state index in [1.165, 1.54) is 18.2 Å². The first-order valence-electron chi connectivity index (χ1n) is 9.25. The predicted octanol–water partition coefficient (Wildman–Crippen LogP) is 4.34. The number of ether oxygens (including phenoxy) is 1. The fourth-order valence-corrected chi connectivity index (χ4v) is 4.11. The van der Waals surface area contributed by atoms with Crippen molar-refractivity contribution in [3.05, 3.63) is 46.1 Å². The molecular weight excluding hydrogens is 380 g/mol. The Labute approximate surface area is 164 Å². The summed E-state index contributed by atoms with van der Waals surface area (Å²) < 4.78 is 24.4. The second kappa shape index (κ2) is 8.56. The maximum Gasteiger partial charge on any atom is 0.335 e. The molecule has 6 nitrogen and oxygen atoms in total. The molecule has 0 aliphatic carbocycles. The maximum atomic E-state index is 13.1. The van der Waals surface area contributed by atoms with Gasteiger partial charge in [-0.25, -0.2) is 4.79 Å². The Morgan fingerprint density at radius 2 is 1.93 bits per heavy atom. The lowest BCUT2D eigenvalue weighted by Gasteiger charge is -2.11. The SMILES string of the molecule is CCCCOc1cc(S(=O)CCC)c2oc3ccc(C(=O)O)cc3c(=O)c2c1. The van der Waals surface area contributed by atoms with E-state index in [2.05, 4.69) is 0 Å². The van der Waals surface area contributed by atoms with Crippen LogP contribution in [0.15, 0.2) is 44.4 Å². The van der Waals surface area contributed by atoms with Gasteiger partial charge in [-0.2, -0.15) is 0 Å². The molecule has 1 unspecified atom stereocenters. The van der Waals surface area contributed by atoms with Crippen molar-refractivity contribution in [2.24, 2.45) is 0 Å². The van der Waals surface area contributed by atoms with Crippen LogP contribution in [-0.2, 0) is 10.8 Å². The van der Waals surface area contributed by atoms with Crippen LogP contribution >= 0.6 is 0 Å². The van der Waals surface area contributed by atoms with Crippen LogP contribution in [0.3, 0.4) is 0 Å². The number of hydrogen-bond donors (Lipinski definition) is 1. The zero-order valence-corrected chi connectivity index (χ0v) is 16.6. The first kappa shape index (κ1) is 20.1. The highest BCUT2D eigenvalue weighted by molar-refractivity contribution is 7.85. The highest BCUT2D eigenvalue weighted by Gasteiger charge is 2.18. The van der Waals surface area contributed by atoms with Gasteiger partial charge in [-0.3, -0.25) is 9.00 Å². The Hall–Kier alpha value is -2.67. The maximum absolute atomic E-state index is 13.1. The number of fused-ring (bicyclic) bond motifs is 2. The van der Waals surface area contributed by atoms with Crippen molar-refractivity contribution in [2.75, 3.05) is 12.4 Å². The smallest absolute Gasteiger partial charge is 0.335 e. The zero-order valence-electron chi connectivity index (χ0n) is 15.8. The number of carboxylic acid groups (broad SMARTS) is 1. The van der Waals surface area contributed by atoms with Gasteiger partial charge in [0.05, 0.1) is 38.6 Å². The molecule has 0 spiro atoms. The van der Waals surface area contributed by atoms with Gasteiger partial charge in [0.2, 0.25) is 5.43 Å². The van der Waals surface area contributed by atoms with E-state index in [1.54, 1.807) is 12.1 Å². The van der Waals surface area contributed by atoms with Crippen molar-refractivity contribution in [1.82, 2.24) is 0 Å². The largest absolute Gasteiger partial charge is 0.494 e. The molecule has 0 fully saturated rings. The minimum absolute atomic E-state index is 0.00397. The molecule has 28 heavy (non-hydrogen) atoms. The summed E-state index contributed by atoms with van der Waals surface area (Å²) in [5.74, 6) is -0.225. The van der Waals surface area contributed by atoms with Gasteiger partial charge < -0.3 is 14.3 Å². The second-order valence-corrected chi connectivity index (χ2v) is 8.04. The molecule has 1 heterocycles. The number of benzene rings is 2. The van der Waals surface area contributed by atoms with Crippen molar-refractivity contribution in [3.63, 3.8) is 0 Å². The van der Waals surface area contributed by atoms with E-state index < -0.39 is 16.8 Å². The minimum atomic E-state index is -1.35. The number of unbranched alkanes of at least 4 members (excludes halogenated alkanes) is 1.